The maximum atomic E-state index is 7.00. The fourth-order valence-electron chi connectivity index (χ4n) is 9.71. The molecule has 37 heavy (non-hydrogen) atoms. The van der Waals surface area contributed by atoms with E-state index in [4.69, 9.17) is 14.9 Å². The second-order valence-corrected chi connectivity index (χ2v) is 12.8. The Balaban J connectivity index is 0.000000907. The maximum Gasteiger partial charge on any atom is 0.0521 e. The van der Waals surface area contributed by atoms with Crippen molar-refractivity contribution in [1.29, 1.82) is 0 Å². The molecule has 1 heterocycles. The lowest BCUT2D eigenvalue weighted by Crippen LogP contribution is -2.49. The van der Waals surface area contributed by atoms with Crippen LogP contribution in [0, 0.1) is 52.8 Å². The summed E-state index contributed by atoms with van der Waals surface area (Å²) in [6, 6.07) is 0. The van der Waals surface area contributed by atoms with Crippen LogP contribution in [0.3, 0.4) is 0 Å². The highest BCUT2D eigenvalue weighted by molar-refractivity contribution is 5.07. The van der Waals surface area contributed by atoms with E-state index in [0.717, 1.165) is 80.6 Å². The Kier molecular flexibility index (Phi) is 12.0. The summed E-state index contributed by atoms with van der Waals surface area (Å²) in [5.41, 5.74) is 1.98. The van der Waals surface area contributed by atoms with E-state index in [2.05, 4.69) is 44.8 Å². The van der Waals surface area contributed by atoms with Crippen LogP contribution in [0.25, 0.3) is 0 Å². The molecule has 4 aliphatic carbocycles. The van der Waals surface area contributed by atoms with Crippen LogP contribution < -0.4 is 0 Å². The van der Waals surface area contributed by atoms with E-state index in [9.17, 15) is 0 Å². The minimum Gasteiger partial charge on any atom is -0.400 e. The van der Waals surface area contributed by atoms with Gasteiger partial charge in [0.15, 0.2) is 0 Å². The SMILES string of the molecule is CC.CCCc1cnn(CC(C)C2CCC3C4CCC5CC(COCC)CCC5C4CCC23C)c1.CO. The molecule has 0 spiro atoms. The van der Waals surface area contributed by atoms with Gasteiger partial charge < -0.3 is 9.84 Å². The number of hydrogen-bond acceptors (Lipinski definition) is 3. The molecule has 0 aromatic carbocycles. The normalized spacial score (nSPS) is 37.1. The molecule has 4 saturated carbocycles. The minimum absolute atomic E-state index is 0.568. The largest absolute Gasteiger partial charge is 0.400 e. The third-order valence-electron chi connectivity index (χ3n) is 11.1. The molecule has 0 aliphatic heterocycles. The van der Waals surface area contributed by atoms with E-state index in [0.29, 0.717) is 5.41 Å². The zero-order valence-electron chi connectivity index (χ0n) is 25.4. The van der Waals surface area contributed by atoms with E-state index in [1.807, 2.05) is 13.8 Å². The number of aliphatic hydroxyl groups is 1. The molecule has 4 nitrogen and oxygen atoms in total. The fourth-order valence-corrected chi connectivity index (χ4v) is 9.71. The summed E-state index contributed by atoms with van der Waals surface area (Å²) in [6.45, 7) is 16.7. The van der Waals surface area contributed by atoms with E-state index >= 15 is 0 Å². The second-order valence-electron chi connectivity index (χ2n) is 12.8. The number of nitrogens with zero attached hydrogens (tertiary/aromatic N) is 2. The Morgan fingerprint density at radius 1 is 1.03 bits per heavy atom. The Morgan fingerprint density at radius 2 is 1.78 bits per heavy atom. The van der Waals surface area contributed by atoms with E-state index in [1.54, 1.807) is 0 Å². The Hall–Kier alpha value is -0.870. The Morgan fingerprint density at radius 3 is 2.51 bits per heavy atom. The van der Waals surface area contributed by atoms with Gasteiger partial charge in [0.25, 0.3) is 0 Å². The number of aliphatic hydroxyl groups excluding tert-OH is 1. The molecular weight excluding hydrogens is 456 g/mol. The first-order valence-corrected chi connectivity index (χ1v) is 16.1. The maximum absolute atomic E-state index is 7.00. The first-order chi connectivity index (χ1) is 18.0. The van der Waals surface area contributed by atoms with Gasteiger partial charge in [-0.25, -0.2) is 0 Å². The van der Waals surface area contributed by atoms with Gasteiger partial charge in [-0.15, -0.1) is 0 Å². The first kappa shape index (κ1) is 30.7. The van der Waals surface area contributed by atoms with Gasteiger partial charge in [-0.3, -0.25) is 4.68 Å². The van der Waals surface area contributed by atoms with Crippen LogP contribution >= 0.6 is 0 Å². The highest BCUT2D eigenvalue weighted by Gasteiger charge is 2.57. The number of fused-ring (bicyclic) bond motifs is 5. The van der Waals surface area contributed by atoms with Crippen molar-refractivity contribution in [2.75, 3.05) is 20.3 Å². The molecule has 0 amide bonds. The van der Waals surface area contributed by atoms with Crippen LogP contribution in [0.1, 0.15) is 111 Å². The summed E-state index contributed by atoms with van der Waals surface area (Å²) >= 11 is 0. The van der Waals surface area contributed by atoms with Crippen molar-refractivity contribution >= 4 is 0 Å². The van der Waals surface area contributed by atoms with Gasteiger partial charge >= 0.3 is 0 Å². The van der Waals surface area contributed by atoms with Gasteiger partial charge in [0.2, 0.25) is 0 Å². The van der Waals surface area contributed by atoms with Crippen molar-refractivity contribution < 1.29 is 9.84 Å². The van der Waals surface area contributed by atoms with Gasteiger partial charge in [0.05, 0.1) is 6.20 Å². The van der Waals surface area contributed by atoms with Crippen LogP contribution in [-0.4, -0.2) is 35.2 Å². The smallest absolute Gasteiger partial charge is 0.0521 e. The minimum atomic E-state index is 0.568. The zero-order valence-corrected chi connectivity index (χ0v) is 25.4. The zero-order chi connectivity index (χ0) is 27.0. The molecule has 1 N–H and O–H groups in total. The molecule has 5 rings (SSSR count). The highest BCUT2D eigenvalue weighted by atomic mass is 16.5. The van der Waals surface area contributed by atoms with Crippen LogP contribution in [-0.2, 0) is 17.7 Å². The molecule has 1 aromatic heterocycles. The molecule has 0 radical (unpaired) electrons. The molecule has 9 atom stereocenters. The average Bonchev–Trinajstić information content (AvgIpc) is 3.53. The van der Waals surface area contributed by atoms with E-state index < -0.39 is 0 Å². The van der Waals surface area contributed by atoms with Crippen molar-refractivity contribution in [3.8, 4) is 0 Å². The number of rotatable bonds is 8. The standard InChI is InChI=1S/C30H50N2O.C2H6.CH4O/c1-5-7-23-17-31-32(19-23)18-21(3)28-12-13-29-27-11-9-24-16-22(20-33-6-2)8-10-25(24)26(27)14-15-30(28,29)4;2*1-2/h17,19,21-22,24-29H,5-16,18,20H2,1-4H3;1-2H3;2H,1H3. The third kappa shape index (κ3) is 6.65. The van der Waals surface area contributed by atoms with Crippen LogP contribution in [0.4, 0.5) is 0 Å². The van der Waals surface area contributed by atoms with Gasteiger partial charge in [-0.1, -0.05) is 41.0 Å². The number of aromatic nitrogens is 2. The first-order valence-electron chi connectivity index (χ1n) is 16.1. The van der Waals surface area contributed by atoms with Crippen molar-refractivity contribution in [1.82, 2.24) is 9.78 Å². The molecular formula is C33H60N2O2. The molecule has 0 saturated heterocycles. The summed E-state index contributed by atoms with van der Waals surface area (Å²) in [5, 5.41) is 11.7. The summed E-state index contributed by atoms with van der Waals surface area (Å²) < 4.78 is 8.07. The van der Waals surface area contributed by atoms with Crippen LogP contribution in [0.2, 0.25) is 0 Å². The molecule has 214 valence electrons. The van der Waals surface area contributed by atoms with E-state index in [-0.39, 0.29) is 0 Å². The molecule has 4 fully saturated rings. The molecule has 4 heteroatoms. The van der Waals surface area contributed by atoms with Crippen molar-refractivity contribution in [3.63, 3.8) is 0 Å². The van der Waals surface area contributed by atoms with Crippen LogP contribution in [0.5, 0.6) is 0 Å². The number of aryl methyl sites for hydroxylation is 1. The topological polar surface area (TPSA) is 47.3 Å². The Bertz CT molecular complexity index is 778. The summed E-state index contributed by atoms with van der Waals surface area (Å²) in [7, 11) is 1.00. The summed E-state index contributed by atoms with van der Waals surface area (Å²) in [6.07, 6.45) is 20.1. The lowest BCUT2D eigenvalue weighted by molar-refractivity contribution is -0.0786. The molecule has 9 unspecified atom stereocenters. The number of ether oxygens (including phenoxy) is 1. The van der Waals surface area contributed by atoms with E-state index in [1.165, 1.54) is 69.8 Å². The predicted molar refractivity (Wildman–Crippen MR) is 155 cm³/mol. The van der Waals surface area contributed by atoms with Crippen molar-refractivity contribution in [2.45, 2.75) is 119 Å². The average molecular weight is 517 g/mol. The quantitative estimate of drug-likeness (QED) is 0.380. The Labute approximate surface area is 229 Å². The summed E-state index contributed by atoms with van der Waals surface area (Å²) in [5.74, 6) is 7.52. The number of hydrogen-bond donors (Lipinski definition) is 1. The van der Waals surface area contributed by atoms with Crippen LogP contribution in [0.15, 0.2) is 12.4 Å². The molecule has 0 bridgehead atoms. The lowest BCUT2D eigenvalue weighted by Gasteiger charge is -2.57. The highest BCUT2D eigenvalue weighted by Crippen LogP contribution is 2.65. The summed E-state index contributed by atoms with van der Waals surface area (Å²) in [4.78, 5) is 0. The molecule has 4 aliphatic rings. The van der Waals surface area contributed by atoms with Crippen molar-refractivity contribution in [3.05, 3.63) is 18.0 Å². The second kappa shape index (κ2) is 14.5. The molecule has 1 aromatic rings. The van der Waals surface area contributed by atoms with Gasteiger partial charge in [0, 0.05) is 33.1 Å². The monoisotopic (exact) mass is 516 g/mol. The predicted octanol–water partition coefficient (Wildman–Crippen LogP) is 8.03. The van der Waals surface area contributed by atoms with Gasteiger partial charge in [-0.2, -0.15) is 5.10 Å². The third-order valence-corrected chi connectivity index (χ3v) is 11.1. The van der Waals surface area contributed by atoms with Gasteiger partial charge in [0.1, 0.15) is 0 Å². The van der Waals surface area contributed by atoms with Crippen molar-refractivity contribution in [2.24, 2.45) is 52.8 Å². The van der Waals surface area contributed by atoms with Gasteiger partial charge in [-0.05, 0) is 129 Å². The lowest BCUT2D eigenvalue weighted by atomic mass is 9.49. The fraction of sp³-hybridized carbons (Fsp3) is 0.909.